The third kappa shape index (κ3) is 7.27. The maximum atomic E-state index is 2.54. The number of para-hydroxylation sites is 1. The van der Waals surface area contributed by atoms with E-state index in [1.165, 1.54) is 56.3 Å². The minimum Gasteiger partial charge on any atom is -0.331 e. The van der Waals surface area contributed by atoms with Gasteiger partial charge in [0.25, 0.3) is 0 Å². The van der Waals surface area contributed by atoms with Crippen LogP contribution in [0, 0.1) is 19.3 Å². The quantitative estimate of drug-likeness (QED) is 0.272. The zero-order valence-electron chi connectivity index (χ0n) is 30.8. The van der Waals surface area contributed by atoms with Gasteiger partial charge in [0.05, 0.1) is 11.2 Å². The molecule has 0 amide bonds. The Morgan fingerprint density at radius 3 is 1.74 bits per heavy atom. The third-order valence-electron chi connectivity index (χ3n) is 9.50. The molecule has 0 fully saturated rings. The topological polar surface area (TPSA) is 6.48 Å². The van der Waals surface area contributed by atoms with Crippen molar-refractivity contribution in [3.8, 4) is 0 Å². The highest BCUT2D eigenvalue weighted by atomic mass is 15.2. The van der Waals surface area contributed by atoms with Crippen molar-refractivity contribution in [2.45, 2.75) is 113 Å². The van der Waals surface area contributed by atoms with E-state index in [9.17, 15) is 0 Å². The van der Waals surface area contributed by atoms with E-state index < -0.39 is 0 Å². The van der Waals surface area contributed by atoms with Crippen molar-refractivity contribution in [1.82, 2.24) is 0 Å². The second-order valence-corrected chi connectivity index (χ2v) is 15.1. The summed E-state index contributed by atoms with van der Waals surface area (Å²) in [6.07, 6.45) is 15.0. The largest absolute Gasteiger partial charge is 0.331 e. The third-order valence-corrected chi connectivity index (χ3v) is 9.50. The molecule has 2 heteroatoms. The van der Waals surface area contributed by atoms with Crippen LogP contribution in [0.4, 0.5) is 22.7 Å². The van der Waals surface area contributed by atoms with E-state index in [4.69, 9.17) is 0 Å². The summed E-state index contributed by atoms with van der Waals surface area (Å²) in [5.74, 6) is 0. The lowest BCUT2D eigenvalue weighted by molar-refractivity contribution is 0.481. The number of hydrogen-bond donors (Lipinski definition) is 0. The van der Waals surface area contributed by atoms with Gasteiger partial charge in [0.15, 0.2) is 0 Å². The number of benzene rings is 3. The van der Waals surface area contributed by atoms with Crippen molar-refractivity contribution < 1.29 is 0 Å². The number of anilines is 4. The lowest BCUT2D eigenvalue weighted by Gasteiger charge is -2.46. The SMILES string of the molecule is CC.CC1=CC(C(C)(C)C)=CCC1(C)N(c1ccccc1)c1ccc(N(C2=CCCC=C2)c2c(C)cc(C(C)(C)C)cc2C)cc1. The summed E-state index contributed by atoms with van der Waals surface area (Å²) in [5, 5.41) is 0. The maximum absolute atomic E-state index is 2.54. The summed E-state index contributed by atoms with van der Waals surface area (Å²) < 4.78 is 0. The van der Waals surface area contributed by atoms with Gasteiger partial charge in [-0.3, -0.25) is 0 Å². The Bertz CT molecular complexity index is 1590. The van der Waals surface area contributed by atoms with Gasteiger partial charge in [-0.1, -0.05) is 110 Å². The van der Waals surface area contributed by atoms with Crippen LogP contribution >= 0.6 is 0 Å². The van der Waals surface area contributed by atoms with Crippen molar-refractivity contribution in [2.24, 2.45) is 5.41 Å². The van der Waals surface area contributed by atoms with Crippen molar-refractivity contribution in [3.63, 3.8) is 0 Å². The van der Waals surface area contributed by atoms with Gasteiger partial charge in [-0.05, 0) is 128 Å². The number of nitrogens with zero attached hydrogens (tertiary/aromatic N) is 2. The molecule has 0 saturated carbocycles. The van der Waals surface area contributed by atoms with Gasteiger partial charge in [0.1, 0.15) is 0 Å². The summed E-state index contributed by atoms with van der Waals surface area (Å²) >= 11 is 0. The van der Waals surface area contributed by atoms with Crippen LogP contribution in [0.1, 0.15) is 105 Å². The molecule has 2 aliphatic rings. The van der Waals surface area contributed by atoms with E-state index in [1.807, 2.05) is 13.8 Å². The standard InChI is InChI=1S/C42H52N2.C2H6/c1-30-27-34(41(7,8)9)28-31(2)39(30)43(35-17-13-11-14-18-35)36-21-23-38(24-22-36)44(37-19-15-12-16-20-37)42(10)26-25-33(29-32(42)3)40(4,5)6;1-2/h12-13,15-25,27-29H,11,14,26H2,1-10H3;1-2H3. The van der Waals surface area contributed by atoms with Gasteiger partial charge >= 0.3 is 0 Å². The molecule has 244 valence electrons. The van der Waals surface area contributed by atoms with Crippen LogP contribution < -0.4 is 9.80 Å². The van der Waals surface area contributed by atoms with Crippen molar-refractivity contribution in [1.29, 1.82) is 0 Å². The molecule has 0 aliphatic heterocycles. The highest BCUT2D eigenvalue weighted by molar-refractivity contribution is 5.78. The molecule has 0 bridgehead atoms. The van der Waals surface area contributed by atoms with Gasteiger partial charge in [-0.25, -0.2) is 0 Å². The minimum absolute atomic E-state index is 0.107. The zero-order chi connectivity index (χ0) is 33.9. The van der Waals surface area contributed by atoms with Gasteiger partial charge in [0.2, 0.25) is 0 Å². The molecule has 0 spiro atoms. The first kappa shape index (κ1) is 35.1. The highest BCUT2D eigenvalue weighted by Crippen LogP contribution is 2.46. The molecule has 1 unspecified atom stereocenters. The van der Waals surface area contributed by atoms with E-state index in [0.29, 0.717) is 0 Å². The van der Waals surface area contributed by atoms with E-state index in [2.05, 4.69) is 176 Å². The fourth-order valence-corrected chi connectivity index (χ4v) is 6.67. The van der Waals surface area contributed by atoms with E-state index in [-0.39, 0.29) is 16.4 Å². The second kappa shape index (κ2) is 13.9. The molecule has 3 aromatic carbocycles. The Kier molecular flexibility index (Phi) is 10.6. The molecule has 0 saturated heterocycles. The molecule has 46 heavy (non-hydrogen) atoms. The molecule has 2 nitrogen and oxygen atoms in total. The van der Waals surface area contributed by atoms with Crippen LogP contribution in [0.25, 0.3) is 0 Å². The zero-order valence-corrected chi connectivity index (χ0v) is 30.8. The van der Waals surface area contributed by atoms with E-state index in [1.54, 1.807) is 0 Å². The molecule has 5 rings (SSSR count). The normalized spacial score (nSPS) is 18.1. The fraction of sp³-hybridized carbons (Fsp3) is 0.409. The monoisotopic (exact) mass is 614 g/mol. The fourth-order valence-electron chi connectivity index (χ4n) is 6.67. The molecule has 0 aromatic heterocycles. The maximum Gasteiger partial charge on any atom is 0.0669 e. The Morgan fingerprint density at radius 2 is 1.24 bits per heavy atom. The van der Waals surface area contributed by atoms with Gasteiger partial charge in [0, 0.05) is 22.8 Å². The minimum atomic E-state index is -0.179. The highest BCUT2D eigenvalue weighted by Gasteiger charge is 2.37. The Morgan fingerprint density at radius 1 is 0.674 bits per heavy atom. The lowest BCUT2D eigenvalue weighted by Crippen LogP contribution is -2.45. The van der Waals surface area contributed by atoms with Crippen molar-refractivity contribution in [3.05, 3.63) is 131 Å². The summed E-state index contributed by atoms with van der Waals surface area (Å²) in [4.78, 5) is 5.01. The average molecular weight is 615 g/mol. The number of allylic oxidation sites excluding steroid dienone is 5. The van der Waals surface area contributed by atoms with Crippen LogP contribution in [0.3, 0.4) is 0 Å². The van der Waals surface area contributed by atoms with E-state index >= 15 is 0 Å². The molecule has 1 atom stereocenters. The summed E-state index contributed by atoms with van der Waals surface area (Å²) in [7, 11) is 0. The first-order valence-corrected chi connectivity index (χ1v) is 17.3. The van der Waals surface area contributed by atoms with Crippen molar-refractivity contribution >= 4 is 22.7 Å². The number of rotatable bonds is 6. The smallest absolute Gasteiger partial charge is 0.0669 e. The van der Waals surface area contributed by atoms with Crippen LogP contribution in [-0.4, -0.2) is 5.54 Å². The van der Waals surface area contributed by atoms with Crippen molar-refractivity contribution in [2.75, 3.05) is 9.80 Å². The first-order valence-electron chi connectivity index (χ1n) is 17.3. The Hall–Kier alpha value is -3.78. The molecular formula is C44H58N2. The predicted octanol–water partition coefficient (Wildman–Crippen LogP) is 13.2. The molecular weight excluding hydrogens is 556 g/mol. The van der Waals surface area contributed by atoms with Gasteiger partial charge in [-0.2, -0.15) is 0 Å². The predicted molar refractivity (Wildman–Crippen MR) is 204 cm³/mol. The second-order valence-electron chi connectivity index (χ2n) is 15.1. The number of aryl methyl sites for hydroxylation is 2. The molecule has 2 aliphatic carbocycles. The first-order chi connectivity index (χ1) is 21.7. The summed E-state index contributed by atoms with van der Waals surface area (Å²) in [6.45, 7) is 27.0. The Labute approximate surface area is 281 Å². The molecule has 3 aromatic rings. The Balaban J connectivity index is 0.00000235. The molecule has 0 radical (unpaired) electrons. The van der Waals surface area contributed by atoms with Crippen LogP contribution in [0.5, 0.6) is 0 Å². The van der Waals surface area contributed by atoms with Gasteiger partial charge < -0.3 is 9.80 Å². The van der Waals surface area contributed by atoms with E-state index in [0.717, 1.165) is 19.3 Å². The van der Waals surface area contributed by atoms with Gasteiger partial charge in [-0.15, -0.1) is 0 Å². The summed E-state index contributed by atoms with van der Waals surface area (Å²) in [5.41, 5.74) is 13.0. The van der Waals surface area contributed by atoms with Crippen LogP contribution in [0.15, 0.2) is 114 Å². The average Bonchev–Trinajstić information content (AvgIpc) is 3.02. The molecule has 0 N–H and O–H groups in total. The lowest BCUT2D eigenvalue weighted by atomic mass is 9.75. The summed E-state index contributed by atoms with van der Waals surface area (Å²) in [6, 6.07) is 24.9. The molecule has 0 heterocycles. The number of hydrogen-bond acceptors (Lipinski definition) is 2. The van der Waals surface area contributed by atoms with Crippen LogP contribution in [0.2, 0.25) is 0 Å². The van der Waals surface area contributed by atoms with Crippen LogP contribution in [-0.2, 0) is 5.41 Å².